The molecule has 1 atom stereocenters. The van der Waals surface area contributed by atoms with Crippen LogP contribution >= 0.6 is 11.8 Å². The van der Waals surface area contributed by atoms with Crippen molar-refractivity contribution in [2.75, 3.05) is 5.75 Å². The molecule has 0 N–H and O–H groups in total. The van der Waals surface area contributed by atoms with E-state index in [4.69, 9.17) is 0 Å². The van der Waals surface area contributed by atoms with Crippen LogP contribution in [-0.4, -0.2) is 16.8 Å². The molecule has 0 aromatic heterocycles. The lowest BCUT2D eigenvalue weighted by Gasteiger charge is -2.13. The number of hydrogen-bond acceptors (Lipinski definition) is 2. The second-order valence-electron chi connectivity index (χ2n) is 3.55. The summed E-state index contributed by atoms with van der Waals surface area (Å²) in [6.07, 6.45) is 1.73. The van der Waals surface area contributed by atoms with Crippen molar-refractivity contribution in [3.05, 3.63) is 0 Å². The SMILES string of the molecule is CCCC(=O)CSC(C)C(C)C. The first-order valence-corrected chi connectivity index (χ1v) is 5.76. The van der Waals surface area contributed by atoms with Gasteiger partial charge in [0.25, 0.3) is 0 Å². The third-order valence-electron chi connectivity index (χ3n) is 1.97. The predicted octanol–water partition coefficient (Wildman–Crippen LogP) is 3.13. The van der Waals surface area contributed by atoms with Crippen LogP contribution in [0.2, 0.25) is 0 Å². The zero-order valence-corrected chi connectivity index (χ0v) is 9.41. The summed E-state index contributed by atoms with van der Waals surface area (Å²) in [6, 6.07) is 0. The molecule has 0 spiro atoms. The number of thioether (sulfide) groups is 1. The lowest BCUT2D eigenvalue weighted by atomic mass is 10.2. The molecule has 2 heteroatoms. The summed E-state index contributed by atoms with van der Waals surface area (Å²) in [7, 11) is 0. The van der Waals surface area contributed by atoms with Gasteiger partial charge in [0.1, 0.15) is 5.78 Å². The van der Waals surface area contributed by atoms with E-state index >= 15 is 0 Å². The van der Waals surface area contributed by atoms with E-state index in [2.05, 4.69) is 27.7 Å². The minimum Gasteiger partial charge on any atom is -0.299 e. The van der Waals surface area contributed by atoms with Crippen LogP contribution in [0, 0.1) is 5.92 Å². The Bertz CT molecular complexity index is 132. The topological polar surface area (TPSA) is 17.1 Å². The van der Waals surface area contributed by atoms with Crippen LogP contribution < -0.4 is 0 Å². The number of ketones is 1. The molecule has 0 aliphatic heterocycles. The first-order valence-electron chi connectivity index (χ1n) is 4.71. The van der Waals surface area contributed by atoms with Crippen molar-refractivity contribution in [1.82, 2.24) is 0 Å². The highest BCUT2D eigenvalue weighted by atomic mass is 32.2. The second kappa shape index (κ2) is 6.53. The van der Waals surface area contributed by atoms with Crippen molar-refractivity contribution >= 4 is 17.5 Å². The first-order chi connectivity index (χ1) is 5.57. The highest BCUT2D eigenvalue weighted by Gasteiger charge is 2.09. The molecule has 0 fully saturated rings. The highest BCUT2D eigenvalue weighted by Crippen LogP contribution is 2.18. The van der Waals surface area contributed by atoms with E-state index in [-0.39, 0.29) is 0 Å². The van der Waals surface area contributed by atoms with Crippen molar-refractivity contribution in [2.24, 2.45) is 5.92 Å². The van der Waals surface area contributed by atoms with E-state index in [9.17, 15) is 4.79 Å². The molecule has 12 heavy (non-hydrogen) atoms. The van der Waals surface area contributed by atoms with E-state index in [1.165, 1.54) is 0 Å². The van der Waals surface area contributed by atoms with Gasteiger partial charge >= 0.3 is 0 Å². The Morgan fingerprint density at radius 1 is 1.33 bits per heavy atom. The first kappa shape index (κ1) is 12.0. The maximum absolute atomic E-state index is 11.1. The molecule has 0 aliphatic rings. The number of hydrogen-bond donors (Lipinski definition) is 0. The Balaban J connectivity index is 3.47. The average Bonchev–Trinajstić information content (AvgIpc) is 2.00. The Morgan fingerprint density at radius 2 is 1.92 bits per heavy atom. The van der Waals surface area contributed by atoms with Gasteiger partial charge in [0, 0.05) is 11.7 Å². The van der Waals surface area contributed by atoms with Crippen molar-refractivity contribution in [2.45, 2.75) is 45.8 Å². The molecule has 0 saturated heterocycles. The van der Waals surface area contributed by atoms with E-state index in [1.54, 1.807) is 11.8 Å². The number of Topliss-reactive ketones (excluding diaryl/α,β-unsaturated/α-hetero) is 1. The van der Waals surface area contributed by atoms with Crippen LogP contribution in [0.1, 0.15) is 40.5 Å². The molecule has 1 nitrogen and oxygen atoms in total. The summed E-state index contributed by atoms with van der Waals surface area (Å²) in [6.45, 7) is 8.63. The summed E-state index contributed by atoms with van der Waals surface area (Å²) in [4.78, 5) is 11.1. The van der Waals surface area contributed by atoms with E-state index < -0.39 is 0 Å². The van der Waals surface area contributed by atoms with Gasteiger partial charge in [0.15, 0.2) is 0 Å². The van der Waals surface area contributed by atoms with Gasteiger partial charge < -0.3 is 0 Å². The van der Waals surface area contributed by atoms with Gasteiger partial charge in [-0.2, -0.15) is 11.8 Å². The Labute approximate surface area is 80.3 Å². The van der Waals surface area contributed by atoms with Crippen LogP contribution in [0.4, 0.5) is 0 Å². The highest BCUT2D eigenvalue weighted by molar-refractivity contribution is 8.00. The largest absolute Gasteiger partial charge is 0.299 e. The Hall–Kier alpha value is 0.0200. The Kier molecular flexibility index (Phi) is 6.54. The molecule has 72 valence electrons. The van der Waals surface area contributed by atoms with E-state index in [1.807, 2.05) is 0 Å². The van der Waals surface area contributed by atoms with E-state index in [0.717, 1.165) is 12.8 Å². The summed E-state index contributed by atoms with van der Waals surface area (Å²) in [5.41, 5.74) is 0. The van der Waals surface area contributed by atoms with Gasteiger partial charge in [-0.05, 0) is 12.3 Å². The van der Waals surface area contributed by atoms with E-state index in [0.29, 0.717) is 22.7 Å². The van der Waals surface area contributed by atoms with Crippen LogP contribution in [0.5, 0.6) is 0 Å². The summed E-state index contributed by atoms with van der Waals surface area (Å²) >= 11 is 1.78. The smallest absolute Gasteiger partial charge is 0.142 e. The molecular formula is C10H20OS. The normalized spacial score (nSPS) is 13.4. The molecule has 0 aliphatic carbocycles. The second-order valence-corrected chi connectivity index (χ2v) is 4.91. The fraction of sp³-hybridized carbons (Fsp3) is 0.900. The molecule has 0 heterocycles. The molecule has 0 aromatic carbocycles. The van der Waals surface area contributed by atoms with Gasteiger partial charge in [-0.1, -0.05) is 27.7 Å². The average molecular weight is 188 g/mol. The van der Waals surface area contributed by atoms with Crippen molar-refractivity contribution in [3.63, 3.8) is 0 Å². The molecule has 0 bridgehead atoms. The number of carbonyl (C=O) groups is 1. The minimum atomic E-state index is 0.398. The van der Waals surface area contributed by atoms with Gasteiger partial charge in [-0.3, -0.25) is 4.79 Å². The van der Waals surface area contributed by atoms with Crippen LogP contribution in [-0.2, 0) is 4.79 Å². The van der Waals surface area contributed by atoms with Gasteiger partial charge in [0.2, 0.25) is 0 Å². The fourth-order valence-electron chi connectivity index (χ4n) is 0.768. The van der Waals surface area contributed by atoms with Crippen molar-refractivity contribution < 1.29 is 4.79 Å². The third-order valence-corrected chi connectivity index (χ3v) is 3.53. The van der Waals surface area contributed by atoms with Gasteiger partial charge in [0.05, 0.1) is 5.75 Å². The molecular weight excluding hydrogens is 168 g/mol. The number of carbonyl (C=O) groups excluding carboxylic acids is 1. The van der Waals surface area contributed by atoms with Crippen molar-refractivity contribution in [1.29, 1.82) is 0 Å². The molecule has 1 unspecified atom stereocenters. The van der Waals surface area contributed by atoms with Gasteiger partial charge in [-0.25, -0.2) is 0 Å². The quantitative estimate of drug-likeness (QED) is 0.637. The Morgan fingerprint density at radius 3 is 2.33 bits per heavy atom. The standard InChI is InChI=1S/C10H20OS/c1-5-6-10(11)7-12-9(4)8(2)3/h8-9H,5-7H2,1-4H3. The summed E-state index contributed by atoms with van der Waals surface area (Å²) in [5.74, 6) is 1.77. The van der Waals surface area contributed by atoms with Crippen LogP contribution in [0.15, 0.2) is 0 Å². The minimum absolute atomic E-state index is 0.398. The van der Waals surface area contributed by atoms with Crippen molar-refractivity contribution in [3.8, 4) is 0 Å². The summed E-state index contributed by atoms with van der Waals surface area (Å²) in [5, 5.41) is 0.603. The van der Waals surface area contributed by atoms with Crippen LogP contribution in [0.3, 0.4) is 0 Å². The third kappa shape index (κ3) is 5.64. The predicted molar refractivity (Wildman–Crippen MR) is 56.7 cm³/mol. The molecule has 0 amide bonds. The molecule has 0 rings (SSSR count). The zero-order valence-electron chi connectivity index (χ0n) is 8.59. The fourth-order valence-corrected chi connectivity index (χ4v) is 1.75. The van der Waals surface area contributed by atoms with Gasteiger partial charge in [-0.15, -0.1) is 0 Å². The lowest BCUT2D eigenvalue weighted by molar-refractivity contribution is -0.116. The zero-order chi connectivity index (χ0) is 9.56. The van der Waals surface area contributed by atoms with Crippen LogP contribution in [0.25, 0.3) is 0 Å². The monoisotopic (exact) mass is 188 g/mol. The molecule has 0 radical (unpaired) electrons. The lowest BCUT2D eigenvalue weighted by Crippen LogP contribution is -2.10. The molecule has 0 aromatic rings. The molecule has 0 saturated carbocycles. The maximum atomic E-state index is 11.1. The number of rotatable bonds is 6. The maximum Gasteiger partial charge on any atom is 0.142 e. The summed E-state index contributed by atoms with van der Waals surface area (Å²) < 4.78 is 0.